The van der Waals surface area contributed by atoms with Crippen LogP contribution in [0.1, 0.15) is 23.7 Å². The summed E-state index contributed by atoms with van der Waals surface area (Å²) in [6, 6.07) is 7.87. The molecule has 9 heteroatoms. The third-order valence-electron chi connectivity index (χ3n) is 4.62. The standard InChI is InChI=1S/C20H21N7O2/c1-5-29-20(28)24-17-9-14(4)25-27(17)19-16-10-23-26(18(16)21-11-22-19)15-7-6-12(2)13(3)8-15/h6-11H,5H2,1-4H3,(H,24,28). The topological polar surface area (TPSA) is 99.8 Å². The summed E-state index contributed by atoms with van der Waals surface area (Å²) < 4.78 is 8.30. The number of fused-ring (bicyclic) bond motifs is 1. The number of aryl methyl sites for hydroxylation is 3. The highest BCUT2D eigenvalue weighted by Gasteiger charge is 2.18. The van der Waals surface area contributed by atoms with E-state index in [9.17, 15) is 4.79 Å². The van der Waals surface area contributed by atoms with Crippen LogP contribution in [-0.2, 0) is 4.74 Å². The van der Waals surface area contributed by atoms with Gasteiger partial charge in [-0.1, -0.05) is 6.07 Å². The average molecular weight is 391 g/mol. The zero-order valence-electron chi connectivity index (χ0n) is 16.7. The number of hydrogen-bond donors (Lipinski definition) is 1. The Kier molecular flexibility index (Phi) is 4.71. The van der Waals surface area contributed by atoms with E-state index in [-0.39, 0.29) is 6.61 Å². The lowest BCUT2D eigenvalue weighted by molar-refractivity contribution is 0.167. The first kappa shape index (κ1) is 18.6. The van der Waals surface area contributed by atoms with Crippen molar-refractivity contribution in [1.82, 2.24) is 29.5 Å². The van der Waals surface area contributed by atoms with Crippen LogP contribution in [0, 0.1) is 20.8 Å². The molecule has 3 heterocycles. The van der Waals surface area contributed by atoms with Gasteiger partial charge in [-0.25, -0.2) is 19.4 Å². The summed E-state index contributed by atoms with van der Waals surface area (Å²) in [5.74, 6) is 0.977. The number of carbonyl (C=O) groups is 1. The average Bonchev–Trinajstić information content (AvgIpc) is 3.27. The second-order valence-electron chi connectivity index (χ2n) is 6.69. The molecule has 29 heavy (non-hydrogen) atoms. The summed E-state index contributed by atoms with van der Waals surface area (Å²) in [6.45, 7) is 7.99. The number of hydrogen-bond acceptors (Lipinski definition) is 6. The zero-order chi connectivity index (χ0) is 20.5. The Morgan fingerprint density at radius 2 is 1.93 bits per heavy atom. The van der Waals surface area contributed by atoms with Crippen molar-refractivity contribution in [3.8, 4) is 11.5 Å². The molecule has 4 aromatic rings. The second-order valence-corrected chi connectivity index (χ2v) is 6.69. The van der Waals surface area contributed by atoms with Gasteiger partial charge in [-0.3, -0.25) is 5.32 Å². The van der Waals surface area contributed by atoms with E-state index in [0.29, 0.717) is 22.7 Å². The Morgan fingerprint density at radius 1 is 1.10 bits per heavy atom. The van der Waals surface area contributed by atoms with Gasteiger partial charge in [-0.2, -0.15) is 14.9 Å². The molecule has 0 spiro atoms. The minimum Gasteiger partial charge on any atom is -0.450 e. The maximum absolute atomic E-state index is 11.9. The van der Waals surface area contributed by atoms with Crippen molar-refractivity contribution in [2.45, 2.75) is 27.7 Å². The fourth-order valence-corrected chi connectivity index (χ4v) is 3.07. The van der Waals surface area contributed by atoms with Gasteiger partial charge in [0.05, 0.1) is 29.6 Å². The lowest BCUT2D eigenvalue weighted by Crippen LogP contribution is -2.16. The minimum absolute atomic E-state index is 0.277. The molecule has 0 saturated heterocycles. The number of nitrogens with zero attached hydrogens (tertiary/aromatic N) is 6. The maximum Gasteiger partial charge on any atom is 0.412 e. The normalized spacial score (nSPS) is 11.0. The van der Waals surface area contributed by atoms with E-state index in [1.54, 1.807) is 28.6 Å². The van der Waals surface area contributed by atoms with Crippen molar-refractivity contribution in [3.05, 3.63) is 53.6 Å². The zero-order valence-corrected chi connectivity index (χ0v) is 16.7. The summed E-state index contributed by atoms with van der Waals surface area (Å²) in [7, 11) is 0. The van der Waals surface area contributed by atoms with Crippen LogP contribution in [0.2, 0.25) is 0 Å². The van der Waals surface area contributed by atoms with Crippen molar-refractivity contribution in [3.63, 3.8) is 0 Å². The van der Waals surface area contributed by atoms with E-state index in [0.717, 1.165) is 11.4 Å². The number of rotatable bonds is 4. The van der Waals surface area contributed by atoms with E-state index >= 15 is 0 Å². The molecule has 0 unspecified atom stereocenters. The highest BCUT2D eigenvalue weighted by Crippen LogP contribution is 2.24. The smallest absolute Gasteiger partial charge is 0.412 e. The fourth-order valence-electron chi connectivity index (χ4n) is 3.07. The van der Waals surface area contributed by atoms with Crippen LogP contribution in [0.15, 0.2) is 36.8 Å². The Hall–Kier alpha value is -3.75. The van der Waals surface area contributed by atoms with Crippen LogP contribution in [0.25, 0.3) is 22.5 Å². The predicted octanol–water partition coefficient (Wildman–Crippen LogP) is 3.49. The molecule has 0 bridgehead atoms. The highest BCUT2D eigenvalue weighted by molar-refractivity contribution is 5.87. The molecule has 1 aromatic carbocycles. The number of aromatic nitrogens is 6. The number of carbonyl (C=O) groups excluding carboxylic acids is 1. The molecule has 1 N–H and O–H groups in total. The molecule has 0 aliphatic rings. The molecular weight excluding hydrogens is 370 g/mol. The fraction of sp³-hybridized carbons (Fsp3) is 0.250. The van der Waals surface area contributed by atoms with Gasteiger partial charge in [0.2, 0.25) is 0 Å². The molecule has 3 aromatic heterocycles. The van der Waals surface area contributed by atoms with Gasteiger partial charge in [0.25, 0.3) is 0 Å². The van der Waals surface area contributed by atoms with Gasteiger partial charge in [0.15, 0.2) is 11.5 Å². The molecular formula is C20H21N7O2. The van der Waals surface area contributed by atoms with Crippen molar-refractivity contribution in [2.24, 2.45) is 0 Å². The first-order valence-electron chi connectivity index (χ1n) is 9.25. The molecule has 4 rings (SSSR count). The van der Waals surface area contributed by atoms with Gasteiger partial charge >= 0.3 is 6.09 Å². The molecule has 0 aliphatic carbocycles. The van der Waals surface area contributed by atoms with Crippen LogP contribution in [0.3, 0.4) is 0 Å². The van der Waals surface area contributed by atoms with E-state index in [1.807, 2.05) is 13.0 Å². The van der Waals surface area contributed by atoms with Crippen molar-refractivity contribution in [1.29, 1.82) is 0 Å². The van der Waals surface area contributed by atoms with Crippen LogP contribution in [0.5, 0.6) is 0 Å². The lowest BCUT2D eigenvalue weighted by atomic mass is 10.1. The second kappa shape index (κ2) is 7.34. The number of nitrogens with one attached hydrogen (secondary N) is 1. The maximum atomic E-state index is 11.9. The first-order chi connectivity index (χ1) is 14.0. The number of amides is 1. The van der Waals surface area contributed by atoms with Gasteiger partial charge in [0.1, 0.15) is 12.1 Å². The van der Waals surface area contributed by atoms with Gasteiger partial charge in [-0.15, -0.1) is 0 Å². The number of anilines is 1. The van der Waals surface area contributed by atoms with Crippen molar-refractivity contribution < 1.29 is 9.53 Å². The number of benzene rings is 1. The molecule has 9 nitrogen and oxygen atoms in total. The van der Waals surface area contributed by atoms with Crippen molar-refractivity contribution >= 4 is 22.9 Å². The molecule has 0 radical (unpaired) electrons. The largest absolute Gasteiger partial charge is 0.450 e. The SMILES string of the molecule is CCOC(=O)Nc1cc(C)nn1-c1ncnc2c1cnn2-c1ccc(C)c(C)c1. The molecule has 1 amide bonds. The van der Waals surface area contributed by atoms with Crippen LogP contribution < -0.4 is 5.32 Å². The Bertz CT molecular complexity index is 1210. The van der Waals surface area contributed by atoms with Crippen molar-refractivity contribution in [2.75, 3.05) is 11.9 Å². The quantitative estimate of drug-likeness (QED) is 0.572. The summed E-state index contributed by atoms with van der Waals surface area (Å²) in [6.07, 6.45) is 2.61. The minimum atomic E-state index is -0.551. The Balaban J connectivity index is 1.82. The molecule has 0 aliphatic heterocycles. The summed E-state index contributed by atoms with van der Waals surface area (Å²) in [5.41, 5.74) is 4.67. The van der Waals surface area contributed by atoms with Gasteiger partial charge in [0, 0.05) is 6.07 Å². The first-order valence-corrected chi connectivity index (χ1v) is 9.25. The third kappa shape index (κ3) is 3.42. The summed E-state index contributed by atoms with van der Waals surface area (Å²) in [5, 5.41) is 12.4. The number of ether oxygens (including phenoxy) is 1. The Labute approximate surface area is 167 Å². The van der Waals surface area contributed by atoms with Crippen LogP contribution in [0.4, 0.5) is 10.6 Å². The van der Waals surface area contributed by atoms with E-state index in [2.05, 4.69) is 51.5 Å². The van der Waals surface area contributed by atoms with E-state index in [1.165, 1.54) is 17.5 Å². The molecule has 148 valence electrons. The monoisotopic (exact) mass is 391 g/mol. The van der Waals surface area contributed by atoms with Crippen LogP contribution >= 0.6 is 0 Å². The Morgan fingerprint density at radius 3 is 2.69 bits per heavy atom. The van der Waals surface area contributed by atoms with Crippen LogP contribution in [-0.4, -0.2) is 42.2 Å². The summed E-state index contributed by atoms with van der Waals surface area (Å²) >= 11 is 0. The van der Waals surface area contributed by atoms with E-state index < -0.39 is 6.09 Å². The third-order valence-corrected chi connectivity index (χ3v) is 4.62. The van der Waals surface area contributed by atoms with Gasteiger partial charge < -0.3 is 4.74 Å². The molecule has 0 atom stereocenters. The molecule has 0 fully saturated rings. The van der Waals surface area contributed by atoms with E-state index in [4.69, 9.17) is 4.74 Å². The predicted molar refractivity (Wildman–Crippen MR) is 109 cm³/mol. The molecule has 0 saturated carbocycles. The highest BCUT2D eigenvalue weighted by atomic mass is 16.5. The summed E-state index contributed by atoms with van der Waals surface area (Å²) in [4.78, 5) is 20.7. The van der Waals surface area contributed by atoms with Gasteiger partial charge in [-0.05, 0) is 51.0 Å². The lowest BCUT2D eigenvalue weighted by Gasteiger charge is -2.09.